The molecule has 0 radical (unpaired) electrons. The molecule has 1 heterocycles. The molecule has 0 saturated carbocycles. The lowest BCUT2D eigenvalue weighted by Gasteiger charge is -2.43. The Hall–Kier alpha value is -3.23. The molecular formula is C19H13F16N3O3. The van der Waals surface area contributed by atoms with Crippen molar-refractivity contribution in [1.82, 2.24) is 4.90 Å². The molecule has 0 unspecified atom stereocenters. The Labute approximate surface area is 216 Å². The first-order chi connectivity index (χ1) is 18.2. The van der Waals surface area contributed by atoms with Gasteiger partial charge in [-0.15, -0.1) is 0 Å². The Morgan fingerprint density at radius 2 is 1.07 bits per heavy atom. The number of carbonyl (C=O) groups is 1. The predicted octanol–water partition coefficient (Wildman–Crippen LogP) is 5.96. The Balaban J connectivity index is 2.34. The van der Waals surface area contributed by atoms with Crippen molar-refractivity contribution in [3.8, 4) is 0 Å². The highest BCUT2D eigenvalue weighted by Crippen LogP contribution is 2.62. The van der Waals surface area contributed by atoms with Crippen LogP contribution in [0.5, 0.6) is 0 Å². The van der Waals surface area contributed by atoms with Crippen LogP contribution in [0.15, 0.2) is 24.3 Å². The molecule has 6 nitrogen and oxygen atoms in total. The first-order valence-corrected chi connectivity index (χ1v) is 10.4. The zero-order valence-corrected chi connectivity index (χ0v) is 19.3. The minimum atomic E-state index is -8.58. The number of halogens is 16. The Morgan fingerprint density at radius 1 is 0.683 bits per heavy atom. The fraction of sp³-hybridized carbons (Fsp3) is 0.632. The number of hydrogen-bond acceptors (Lipinski definition) is 4. The van der Waals surface area contributed by atoms with Crippen LogP contribution in [0.3, 0.4) is 0 Å². The van der Waals surface area contributed by atoms with E-state index in [0.29, 0.717) is 0 Å². The van der Waals surface area contributed by atoms with Gasteiger partial charge >= 0.3 is 47.9 Å². The van der Waals surface area contributed by atoms with Crippen molar-refractivity contribution in [1.29, 1.82) is 0 Å². The van der Waals surface area contributed by atoms with E-state index in [1.54, 1.807) is 0 Å². The van der Waals surface area contributed by atoms with Gasteiger partial charge < -0.3 is 9.80 Å². The molecule has 1 aromatic rings. The lowest BCUT2D eigenvalue weighted by atomic mass is 9.89. The van der Waals surface area contributed by atoms with Gasteiger partial charge in [0.25, 0.3) is 11.6 Å². The van der Waals surface area contributed by atoms with Gasteiger partial charge in [0.2, 0.25) is 0 Å². The van der Waals surface area contributed by atoms with Gasteiger partial charge in [-0.05, 0) is 12.1 Å². The second kappa shape index (κ2) is 10.2. The van der Waals surface area contributed by atoms with Gasteiger partial charge in [-0.3, -0.25) is 14.9 Å². The van der Waals surface area contributed by atoms with E-state index >= 15 is 0 Å². The second-order valence-corrected chi connectivity index (χ2v) is 8.42. The minimum Gasteiger partial charge on any atom is -0.368 e. The highest BCUT2D eigenvalue weighted by molar-refractivity contribution is 5.85. The number of nitro benzene ring substituents is 1. The molecule has 0 N–H and O–H groups in total. The third-order valence-electron chi connectivity index (χ3n) is 5.93. The van der Waals surface area contributed by atoms with Crippen molar-refractivity contribution in [2.45, 2.75) is 47.9 Å². The molecule has 1 amide bonds. The number of carbonyl (C=O) groups excluding carboxylic acids is 1. The summed E-state index contributed by atoms with van der Waals surface area (Å²) < 4.78 is 216. The third-order valence-corrected chi connectivity index (χ3v) is 5.93. The summed E-state index contributed by atoms with van der Waals surface area (Å²) in [5, 5.41) is 10.7. The number of nitro groups is 1. The van der Waals surface area contributed by atoms with Gasteiger partial charge in [0.15, 0.2) is 0 Å². The second-order valence-electron chi connectivity index (χ2n) is 8.42. The van der Waals surface area contributed by atoms with Crippen LogP contribution in [0.4, 0.5) is 81.6 Å². The molecule has 0 aliphatic carbocycles. The molecule has 41 heavy (non-hydrogen) atoms. The fourth-order valence-corrected chi connectivity index (χ4v) is 3.42. The number of benzene rings is 1. The topological polar surface area (TPSA) is 66.7 Å². The maximum Gasteiger partial charge on any atom is 0.392 e. The van der Waals surface area contributed by atoms with Crippen LogP contribution >= 0.6 is 0 Å². The number of non-ortho nitro benzene ring substituents is 1. The number of nitrogens with zero attached hydrogens (tertiary/aromatic N) is 3. The largest absolute Gasteiger partial charge is 0.392 e. The average molecular weight is 635 g/mol. The molecular weight excluding hydrogens is 622 g/mol. The fourth-order valence-electron chi connectivity index (χ4n) is 3.42. The standard InChI is InChI=1S/C19H13F16N3O3/c20-11(21)13(22,23)15(26,27)17(30,31)19(34,35)18(32,33)16(28,29)14(24,25)12(39)37-7-5-36(6-8-37)9-1-3-10(4-2-9)38(40)41/h1-4,11H,5-8H2. The lowest BCUT2D eigenvalue weighted by Crippen LogP contribution is -2.75. The summed E-state index contributed by atoms with van der Waals surface area (Å²) in [5.41, 5.74) is -0.266. The summed E-state index contributed by atoms with van der Waals surface area (Å²) in [6, 6.07) is 4.18. The molecule has 0 atom stereocenters. The van der Waals surface area contributed by atoms with Crippen LogP contribution in [0.25, 0.3) is 0 Å². The summed E-state index contributed by atoms with van der Waals surface area (Å²) in [6.07, 6.45) is -5.94. The summed E-state index contributed by atoms with van der Waals surface area (Å²) in [6.45, 7) is -3.27. The summed E-state index contributed by atoms with van der Waals surface area (Å²) in [5.74, 6) is -59.7. The monoisotopic (exact) mass is 635 g/mol. The van der Waals surface area contributed by atoms with E-state index in [-0.39, 0.29) is 10.6 Å². The highest BCUT2D eigenvalue weighted by atomic mass is 19.4. The molecule has 1 aliphatic rings. The maximum atomic E-state index is 14.3. The molecule has 1 saturated heterocycles. The van der Waals surface area contributed by atoms with Crippen molar-refractivity contribution >= 4 is 17.3 Å². The summed E-state index contributed by atoms with van der Waals surface area (Å²) in [7, 11) is 0. The Bertz CT molecular complexity index is 1130. The molecule has 0 spiro atoms. The number of hydrogen-bond donors (Lipinski definition) is 0. The van der Waals surface area contributed by atoms with Gasteiger partial charge in [-0.25, -0.2) is 8.78 Å². The predicted molar refractivity (Wildman–Crippen MR) is 103 cm³/mol. The zero-order chi connectivity index (χ0) is 32.2. The van der Waals surface area contributed by atoms with Gasteiger partial charge in [0.1, 0.15) is 0 Å². The van der Waals surface area contributed by atoms with Gasteiger partial charge in [0.05, 0.1) is 4.92 Å². The van der Waals surface area contributed by atoms with E-state index in [1.165, 1.54) is 4.90 Å². The normalized spacial score (nSPS) is 16.8. The SMILES string of the molecule is O=C(N1CCN(c2ccc([N+](=O)[O-])cc2)CC1)C(F)(F)C(F)(F)C(F)(F)C(F)(F)C(F)(F)C(F)(F)C(F)(F)C(F)F. The quantitative estimate of drug-likeness (QED) is 0.181. The molecule has 1 fully saturated rings. The van der Waals surface area contributed by atoms with Crippen LogP contribution < -0.4 is 4.90 Å². The van der Waals surface area contributed by atoms with Gasteiger partial charge in [-0.1, -0.05) is 0 Å². The third kappa shape index (κ3) is 4.95. The molecule has 1 aromatic carbocycles. The average Bonchev–Trinajstić information content (AvgIpc) is 2.87. The van der Waals surface area contributed by atoms with Gasteiger partial charge in [0, 0.05) is 44.0 Å². The van der Waals surface area contributed by atoms with E-state index < -0.39 is 90.6 Å². The molecule has 2 rings (SSSR count). The highest BCUT2D eigenvalue weighted by Gasteiger charge is 2.94. The van der Waals surface area contributed by atoms with Crippen molar-refractivity contribution in [3.05, 3.63) is 34.4 Å². The van der Waals surface area contributed by atoms with Crippen LogP contribution in [0.1, 0.15) is 0 Å². The molecule has 234 valence electrons. The van der Waals surface area contributed by atoms with Crippen molar-refractivity contribution in [2.24, 2.45) is 0 Å². The molecule has 22 heteroatoms. The maximum absolute atomic E-state index is 14.3. The Morgan fingerprint density at radius 3 is 1.46 bits per heavy atom. The smallest absolute Gasteiger partial charge is 0.368 e. The van der Waals surface area contributed by atoms with Crippen LogP contribution in [0, 0.1) is 10.1 Å². The summed E-state index contributed by atoms with van der Waals surface area (Å²) >= 11 is 0. The number of anilines is 1. The van der Waals surface area contributed by atoms with Crippen molar-refractivity contribution in [2.75, 3.05) is 31.1 Å². The number of rotatable bonds is 10. The minimum absolute atomic E-state index is 0.134. The van der Waals surface area contributed by atoms with E-state index in [2.05, 4.69) is 0 Å². The van der Waals surface area contributed by atoms with E-state index in [4.69, 9.17) is 0 Å². The number of amides is 1. The van der Waals surface area contributed by atoms with E-state index in [9.17, 15) is 85.2 Å². The van der Waals surface area contributed by atoms with E-state index in [1.807, 2.05) is 0 Å². The number of piperazine rings is 1. The van der Waals surface area contributed by atoms with Crippen LogP contribution in [-0.2, 0) is 4.79 Å². The van der Waals surface area contributed by atoms with Crippen LogP contribution in [0.2, 0.25) is 0 Å². The first-order valence-electron chi connectivity index (χ1n) is 10.4. The van der Waals surface area contributed by atoms with E-state index in [0.717, 1.165) is 24.3 Å². The zero-order valence-electron chi connectivity index (χ0n) is 19.3. The molecule has 1 aliphatic heterocycles. The molecule has 0 aromatic heterocycles. The Kier molecular flexibility index (Phi) is 8.49. The van der Waals surface area contributed by atoms with Crippen molar-refractivity contribution in [3.63, 3.8) is 0 Å². The first kappa shape index (κ1) is 34.0. The summed E-state index contributed by atoms with van der Waals surface area (Å²) in [4.78, 5) is 22.7. The van der Waals surface area contributed by atoms with Crippen molar-refractivity contribution < 1.29 is 80.0 Å². The van der Waals surface area contributed by atoms with Gasteiger partial charge in [-0.2, -0.15) is 61.5 Å². The van der Waals surface area contributed by atoms with Crippen LogP contribution in [-0.4, -0.2) is 89.8 Å². The lowest BCUT2D eigenvalue weighted by molar-refractivity contribution is -0.444. The number of alkyl halides is 16. The molecule has 0 bridgehead atoms.